The number of benzene rings is 3. The van der Waals surface area contributed by atoms with Gasteiger partial charge in [-0.3, -0.25) is 9.78 Å². The highest BCUT2D eigenvalue weighted by Gasteiger charge is 2.12. The molecule has 0 aliphatic rings. The molecule has 11 heteroatoms. The number of hydrogen-bond donors (Lipinski definition) is 3. The van der Waals surface area contributed by atoms with Crippen molar-refractivity contribution in [2.45, 2.75) is 6.54 Å². The summed E-state index contributed by atoms with van der Waals surface area (Å²) in [6.45, 7) is 0.174. The molecule has 0 saturated carbocycles. The molecular formula is C28H24N6O4S. The molecule has 0 atom stereocenters. The average Bonchev–Trinajstić information content (AvgIpc) is 2.92. The van der Waals surface area contributed by atoms with Crippen LogP contribution in [0.1, 0.15) is 15.9 Å². The van der Waals surface area contributed by atoms with E-state index < -0.39 is 10.0 Å². The van der Waals surface area contributed by atoms with E-state index in [-0.39, 0.29) is 12.5 Å². The van der Waals surface area contributed by atoms with Gasteiger partial charge in [0.25, 0.3) is 5.91 Å². The van der Waals surface area contributed by atoms with Crippen molar-refractivity contribution in [3.63, 3.8) is 0 Å². The molecule has 0 aliphatic carbocycles. The number of ether oxygens (including phenoxy) is 1. The zero-order chi connectivity index (χ0) is 27.2. The predicted molar refractivity (Wildman–Crippen MR) is 150 cm³/mol. The highest BCUT2D eigenvalue weighted by molar-refractivity contribution is 7.88. The van der Waals surface area contributed by atoms with Crippen LogP contribution in [-0.4, -0.2) is 35.5 Å². The molecule has 2 aromatic heterocycles. The second kappa shape index (κ2) is 11.3. The Balaban J connectivity index is 1.30. The van der Waals surface area contributed by atoms with E-state index >= 15 is 0 Å². The third kappa shape index (κ3) is 6.92. The van der Waals surface area contributed by atoms with E-state index in [0.29, 0.717) is 34.5 Å². The molecule has 0 spiro atoms. The predicted octanol–water partition coefficient (Wildman–Crippen LogP) is 4.86. The minimum atomic E-state index is -3.30. The van der Waals surface area contributed by atoms with Crippen molar-refractivity contribution < 1.29 is 17.9 Å². The lowest BCUT2D eigenvalue weighted by molar-refractivity contribution is 0.102. The molecule has 5 rings (SSSR count). The fourth-order valence-electron chi connectivity index (χ4n) is 3.84. The number of rotatable bonds is 9. The van der Waals surface area contributed by atoms with Crippen LogP contribution in [0.3, 0.4) is 0 Å². The molecule has 0 aliphatic heterocycles. The summed E-state index contributed by atoms with van der Waals surface area (Å²) in [6.07, 6.45) is 5.92. The van der Waals surface area contributed by atoms with Gasteiger partial charge in [-0.15, -0.1) is 0 Å². The average molecular weight is 541 g/mol. The molecule has 0 bridgehead atoms. The normalized spacial score (nSPS) is 11.2. The van der Waals surface area contributed by atoms with Gasteiger partial charge in [-0.2, -0.15) is 4.98 Å². The Labute approximate surface area is 225 Å². The Morgan fingerprint density at radius 3 is 2.59 bits per heavy atom. The summed E-state index contributed by atoms with van der Waals surface area (Å²) in [5.41, 5.74) is 2.63. The van der Waals surface area contributed by atoms with E-state index in [0.717, 1.165) is 22.6 Å². The first-order valence-electron chi connectivity index (χ1n) is 11.9. The summed E-state index contributed by atoms with van der Waals surface area (Å²) in [4.78, 5) is 25.6. The summed E-state index contributed by atoms with van der Waals surface area (Å²) in [6, 6.07) is 23.4. The van der Waals surface area contributed by atoms with Crippen molar-refractivity contribution in [2.24, 2.45) is 0 Å². The first-order valence-corrected chi connectivity index (χ1v) is 13.8. The van der Waals surface area contributed by atoms with Gasteiger partial charge in [0.2, 0.25) is 21.9 Å². The van der Waals surface area contributed by atoms with E-state index in [4.69, 9.17) is 4.74 Å². The molecule has 0 unspecified atom stereocenters. The van der Waals surface area contributed by atoms with Gasteiger partial charge >= 0.3 is 0 Å². The SMILES string of the molecule is CS(=O)(=O)NCc1cccc(Nc2nccc(Oc3ccc4c(C(=O)Nc5cccnc5)cccc4c3)n2)c1. The molecule has 0 saturated heterocycles. The van der Waals surface area contributed by atoms with Gasteiger partial charge in [-0.05, 0) is 64.9 Å². The third-order valence-corrected chi connectivity index (χ3v) is 6.26. The number of aromatic nitrogens is 3. The monoisotopic (exact) mass is 540 g/mol. The van der Waals surface area contributed by atoms with Crippen molar-refractivity contribution in [2.75, 3.05) is 16.9 Å². The standard InChI is InChI=1S/C28H24N6O4S/c1-39(36,37)31-17-19-5-2-7-21(15-19)33-28-30-14-12-26(34-28)38-23-10-11-24-20(16-23)6-3-9-25(24)27(35)32-22-8-4-13-29-18-22/h2-16,18,31H,17H2,1H3,(H,32,35)(H,30,33,34). The van der Waals surface area contributed by atoms with Gasteiger partial charge < -0.3 is 15.4 Å². The van der Waals surface area contributed by atoms with Crippen LogP contribution in [0.5, 0.6) is 11.6 Å². The van der Waals surface area contributed by atoms with Crippen LogP contribution in [0.2, 0.25) is 0 Å². The fourth-order valence-corrected chi connectivity index (χ4v) is 4.27. The van der Waals surface area contributed by atoms with E-state index in [1.165, 1.54) is 0 Å². The molecule has 0 fully saturated rings. The van der Waals surface area contributed by atoms with Gasteiger partial charge in [0, 0.05) is 36.3 Å². The van der Waals surface area contributed by atoms with Gasteiger partial charge in [0.05, 0.1) is 18.1 Å². The number of sulfonamides is 1. The maximum atomic E-state index is 12.9. The fraction of sp³-hybridized carbons (Fsp3) is 0.0714. The van der Waals surface area contributed by atoms with Crippen molar-refractivity contribution in [1.29, 1.82) is 0 Å². The Bertz CT molecular complexity index is 1750. The Kier molecular flexibility index (Phi) is 7.43. The minimum absolute atomic E-state index is 0.174. The van der Waals surface area contributed by atoms with Gasteiger partial charge in [0.15, 0.2) is 0 Å². The molecular weight excluding hydrogens is 516 g/mol. The molecule has 3 N–H and O–H groups in total. The number of anilines is 3. The Hall–Kier alpha value is -4.87. The molecule has 196 valence electrons. The molecule has 1 amide bonds. The molecule has 5 aromatic rings. The number of amides is 1. The van der Waals surface area contributed by atoms with Crippen LogP contribution in [-0.2, 0) is 16.6 Å². The zero-order valence-corrected chi connectivity index (χ0v) is 21.6. The largest absolute Gasteiger partial charge is 0.439 e. The van der Waals surface area contributed by atoms with Crippen LogP contribution < -0.4 is 20.1 Å². The summed E-state index contributed by atoms with van der Waals surface area (Å²) in [5, 5.41) is 7.58. The van der Waals surface area contributed by atoms with Crippen LogP contribution >= 0.6 is 0 Å². The van der Waals surface area contributed by atoms with E-state index in [1.54, 1.807) is 55.0 Å². The highest BCUT2D eigenvalue weighted by atomic mass is 32.2. The van der Waals surface area contributed by atoms with E-state index in [2.05, 4.69) is 30.3 Å². The molecule has 0 radical (unpaired) electrons. The van der Waals surface area contributed by atoms with Crippen LogP contribution in [0, 0.1) is 0 Å². The molecule has 3 aromatic carbocycles. The Morgan fingerprint density at radius 1 is 0.923 bits per heavy atom. The number of nitrogens with one attached hydrogen (secondary N) is 3. The van der Waals surface area contributed by atoms with E-state index in [9.17, 15) is 13.2 Å². The van der Waals surface area contributed by atoms with E-state index in [1.807, 2.05) is 42.5 Å². The highest BCUT2D eigenvalue weighted by Crippen LogP contribution is 2.28. The summed E-state index contributed by atoms with van der Waals surface area (Å²) in [7, 11) is -3.30. The third-order valence-electron chi connectivity index (χ3n) is 5.59. The number of nitrogens with zero attached hydrogens (tertiary/aromatic N) is 3. The number of carbonyl (C=O) groups excluding carboxylic acids is 1. The number of carbonyl (C=O) groups is 1. The van der Waals surface area contributed by atoms with Crippen molar-refractivity contribution in [3.05, 3.63) is 109 Å². The van der Waals surface area contributed by atoms with Crippen molar-refractivity contribution >= 4 is 44.0 Å². The van der Waals surface area contributed by atoms with Crippen molar-refractivity contribution in [3.8, 4) is 11.6 Å². The first kappa shape index (κ1) is 25.8. The molecule has 39 heavy (non-hydrogen) atoms. The maximum absolute atomic E-state index is 12.9. The second-order valence-electron chi connectivity index (χ2n) is 8.62. The minimum Gasteiger partial charge on any atom is -0.439 e. The molecule has 2 heterocycles. The van der Waals surface area contributed by atoms with Gasteiger partial charge in [-0.1, -0.05) is 24.3 Å². The lowest BCUT2D eigenvalue weighted by Crippen LogP contribution is -2.21. The van der Waals surface area contributed by atoms with Crippen molar-refractivity contribution in [1.82, 2.24) is 19.7 Å². The summed E-state index contributed by atoms with van der Waals surface area (Å²) >= 11 is 0. The van der Waals surface area contributed by atoms with Gasteiger partial charge in [-0.25, -0.2) is 18.1 Å². The quantitative estimate of drug-likeness (QED) is 0.241. The maximum Gasteiger partial charge on any atom is 0.256 e. The lowest BCUT2D eigenvalue weighted by atomic mass is 10.0. The number of hydrogen-bond acceptors (Lipinski definition) is 8. The second-order valence-corrected chi connectivity index (χ2v) is 10.5. The summed E-state index contributed by atoms with van der Waals surface area (Å²) < 4.78 is 31.2. The smallest absolute Gasteiger partial charge is 0.256 e. The lowest BCUT2D eigenvalue weighted by Gasteiger charge is -2.11. The first-order chi connectivity index (χ1) is 18.8. The number of pyridine rings is 1. The molecule has 10 nitrogen and oxygen atoms in total. The Morgan fingerprint density at radius 2 is 1.77 bits per heavy atom. The van der Waals surface area contributed by atoms with Crippen LogP contribution in [0.25, 0.3) is 10.8 Å². The van der Waals surface area contributed by atoms with Gasteiger partial charge in [0.1, 0.15) is 5.75 Å². The topological polar surface area (TPSA) is 135 Å². The zero-order valence-electron chi connectivity index (χ0n) is 20.8. The van der Waals surface area contributed by atoms with Crippen LogP contribution in [0.4, 0.5) is 17.3 Å². The van der Waals surface area contributed by atoms with Crippen LogP contribution in [0.15, 0.2) is 97.5 Å². The number of fused-ring (bicyclic) bond motifs is 1. The summed E-state index contributed by atoms with van der Waals surface area (Å²) in [5.74, 6) is 0.957.